The number of benzene rings is 2. The molecule has 0 saturated carbocycles. The zero-order chi connectivity index (χ0) is 19.6. The highest BCUT2D eigenvalue weighted by Gasteiger charge is 2.11. The summed E-state index contributed by atoms with van der Waals surface area (Å²) in [5.41, 5.74) is 6.80. The van der Waals surface area contributed by atoms with Gasteiger partial charge in [0.05, 0.1) is 13.0 Å². The van der Waals surface area contributed by atoms with Crippen molar-refractivity contribution in [3.63, 3.8) is 0 Å². The third kappa shape index (κ3) is 6.66. The Balaban J connectivity index is 1.85. The topological polar surface area (TPSA) is 90.7 Å². The minimum atomic E-state index is -0.409. The lowest BCUT2D eigenvalue weighted by atomic mass is 9.98. The van der Waals surface area contributed by atoms with Gasteiger partial charge < -0.3 is 20.5 Å². The summed E-state index contributed by atoms with van der Waals surface area (Å²) in [7, 11) is 0. The monoisotopic (exact) mass is 370 g/mol. The maximum Gasteiger partial charge on any atom is 0.262 e. The average molecular weight is 370 g/mol. The molecule has 2 aromatic carbocycles. The molecule has 0 radical (unpaired) electrons. The van der Waals surface area contributed by atoms with Crippen LogP contribution in [0.4, 0.5) is 5.69 Å². The van der Waals surface area contributed by atoms with E-state index in [1.165, 1.54) is 0 Å². The molecule has 0 unspecified atom stereocenters. The summed E-state index contributed by atoms with van der Waals surface area (Å²) in [6.45, 7) is 4.42. The summed E-state index contributed by atoms with van der Waals surface area (Å²) >= 11 is 0. The predicted molar refractivity (Wildman–Crippen MR) is 105 cm³/mol. The summed E-state index contributed by atoms with van der Waals surface area (Å²) in [6, 6.07) is 14.7. The number of para-hydroxylation sites is 1. The van der Waals surface area contributed by atoms with Crippen LogP contribution in [0, 0.1) is 0 Å². The number of nitrogens with one attached hydrogen (secondary N) is 1. The fourth-order valence-corrected chi connectivity index (χ4v) is 2.48. The van der Waals surface area contributed by atoms with E-state index in [9.17, 15) is 9.59 Å². The van der Waals surface area contributed by atoms with E-state index in [1.807, 2.05) is 24.3 Å². The van der Waals surface area contributed by atoms with Crippen LogP contribution < -0.4 is 20.5 Å². The van der Waals surface area contributed by atoms with E-state index >= 15 is 0 Å². The highest BCUT2D eigenvalue weighted by Crippen LogP contribution is 2.28. The molecule has 0 aliphatic rings. The molecule has 2 rings (SSSR count). The van der Waals surface area contributed by atoms with E-state index < -0.39 is 5.91 Å². The van der Waals surface area contributed by atoms with Crippen molar-refractivity contribution >= 4 is 17.5 Å². The lowest BCUT2D eigenvalue weighted by molar-refractivity contribution is -0.119. The summed E-state index contributed by atoms with van der Waals surface area (Å²) in [5.74, 6) is 1.06. The Morgan fingerprint density at radius 1 is 1.07 bits per heavy atom. The molecule has 144 valence electrons. The fourth-order valence-electron chi connectivity index (χ4n) is 2.48. The van der Waals surface area contributed by atoms with Gasteiger partial charge in [-0.25, -0.2) is 0 Å². The quantitative estimate of drug-likeness (QED) is 0.670. The summed E-state index contributed by atoms with van der Waals surface area (Å²) < 4.78 is 11.1. The summed E-state index contributed by atoms with van der Waals surface area (Å²) in [6.07, 6.45) is 1.16. The number of amides is 2. The van der Waals surface area contributed by atoms with Crippen molar-refractivity contribution in [2.75, 3.05) is 18.5 Å². The Morgan fingerprint density at radius 3 is 2.44 bits per heavy atom. The van der Waals surface area contributed by atoms with E-state index in [1.54, 1.807) is 24.3 Å². The molecule has 0 bridgehead atoms. The second kappa shape index (κ2) is 10.2. The number of ether oxygens (including phenoxy) is 2. The molecule has 0 aliphatic carbocycles. The third-order valence-corrected chi connectivity index (χ3v) is 4.18. The Kier molecular flexibility index (Phi) is 7.67. The van der Waals surface area contributed by atoms with Gasteiger partial charge in [0.15, 0.2) is 6.61 Å². The van der Waals surface area contributed by atoms with Gasteiger partial charge in [0.2, 0.25) is 5.91 Å². The largest absolute Gasteiger partial charge is 0.493 e. The molecule has 0 fully saturated rings. The van der Waals surface area contributed by atoms with Crippen LogP contribution in [0.25, 0.3) is 0 Å². The van der Waals surface area contributed by atoms with Crippen molar-refractivity contribution in [1.29, 1.82) is 0 Å². The van der Waals surface area contributed by atoms with Crippen LogP contribution in [-0.2, 0) is 9.59 Å². The SMILES string of the molecule is CC[C@H](C)c1ccccc1OCC(=O)Nc1ccc(OCCC(N)=O)cc1. The number of hydrogen-bond acceptors (Lipinski definition) is 4. The first kappa shape index (κ1) is 20.3. The van der Waals surface area contributed by atoms with Crippen LogP contribution in [0.3, 0.4) is 0 Å². The van der Waals surface area contributed by atoms with Crippen LogP contribution in [-0.4, -0.2) is 25.0 Å². The van der Waals surface area contributed by atoms with Gasteiger partial charge in [0, 0.05) is 5.69 Å². The third-order valence-electron chi connectivity index (χ3n) is 4.18. The van der Waals surface area contributed by atoms with Crippen molar-refractivity contribution in [2.45, 2.75) is 32.6 Å². The first-order chi connectivity index (χ1) is 13.0. The number of carbonyl (C=O) groups is 2. The normalized spacial score (nSPS) is 11.5. The zero-order valence-electron chi connectivity index (χ0n) is 15.7. The van der Waals surface area contributed by atoms with Crippen molar-refractivity contribution in [3.05, 3.63) is 54.1 Å². The number of anilines is 1. The molecular weight excluding hydrogens is 344 g/mol. The number of primary amides is 1. The zero-order valence-corrected chi connectivity index (χ0v) is 15.7. The molecule has 0 saturated heterocycles. The van der Waals surface area contributed by atoms with E-state index in [0.717, 1.165) is 17.7 Å². The molecule has 6 heteroatoms. The van der Waals surface area contributed by atoms with E-state index in [0.29, 0.717) is 17.4 Å². The van der Waals surface area contributed by atoms with Gasteiger partial charge in [-0.1, -0.05) is 32.0 Å². The van der Waals surface area contributed by atoms with Gasteiger partial charge in [-0.2, -0.15) is 0 Å². The Bertz CT molecular complexity index is 759. The van der Waals surface area contributed by atoms with E-state index in [-0.39, 0.29) is 25.5 Å². The molecule has 3 N–H and O–H groups in total. The first-order valence-electron chi connectivity index (χ1n) is 9.02. The van der Waals surface area contributed by atoms with E-state index in [4.69, 9.17) is 15.2 Å². The molecule has 27 heavy (non-hydrogen) atoms. The number of rotatable bonds is 10. The fraction of sp³-hybridized carbons (Fsp3) is 0.333. The van der Waals surface area contributed by atoms with Crippen LogP contribution >= 0.6 is 0 Å². The molecule has 6 nitrogen and oxygen atoms in total. The number of nitrogens with two attached hydrogens (primary N) is 1. The van der Waals surface area contributed by atoms with Gasteiger partial charge >= 0.3 is 0 Å². The van der Waals surface area contributed by atoms with Crippen LogP contribution in [0.15, 0.2) is 48.5 Å². The number of hydrogen-bond donors (Lipinski definition) is 2. The number of carbonyl (C=O) groups excluding carboxylic acids is 2. The van der Waals surface area contributed by atoms with E-state index in [2.05, 4.69) is 19.2 Å². The molecule has 0 aliphatic heterocycles. The molecule has 2 aromatic rings. The van der Waals surface area contributed by atoms with Crippen molar-refractivity contribution in [2.24, 2.45) is 5.73 Å². The van der Waals surface area contributed by atoms with Gasteiger partial charge in [0.1, 0.15) is 11.5 Å². The standard InChI is InChI=1S/C21H26N2O4/c1-3-15(2)18-6-4-5-7-19(18)27-14-21(25)23-16-8-10-17(11-9-16)26-13-12-20(22)24/h4-11,15H,3,12-14H2,1-2H3,(H2,22,24)(H,23,25)/t15-/m0/s1. The van der Waals surface area contributed by atoms with Crippen molar-refractivity contribution < 1.29 is 19.1 Å². The van der Waals surface area contributed by atoms with Crippen LogP contribution in [0.2, 0.25) is 0 Å². The Labute approximate surface area is 159 Å². The lowest BCUT2D eigenvalue weighted by Gasteiger charge is -2.15. The molecule has 1 atom stereocenters. The second-order valence-electron chi connectivity index (χ2n) is 6.27. The minimum Gasteiger partial charge on any atom is -0.493 e. The van der Waals surface area contributed by atoms with Gasteiger partial charge in [-0.15, -0.1) is 0 Å². The minimum absolute atomic E-state index is 0.0652. The average Bonchev–Trinajstić information content (AvgIpc) is 2.67. The molecular formula is C21H26N2O4. The van der Waals surface area contributed by atoms with Crippen LogP contribution in [0.5, 0.6) is 11.5 Å². The highest BCUT2D eigenvalue weighted by molar-refractivity contribution is 5.91. The summed E-state index contributed by atoms with van der Waals surface area (Å²) in [4.78, 5) is 22.8. The first-order valence-corrected chi connectivity index (χ1v) is 9.02. The van der Waals surface area contributed by atoms with Crippen LogP contribution in [0.1, 0.15) is 38.2 Å². The maximum absolute atomic E-state index is 12.1. The van der Waals surface area contributed by atoms with Gasteiger partial charge in [0.25, 0.3) is 5.91 Å². The van der Waals surface area contributed by atoms with Gasteiger partial charge in [-0.05, 0) is 48.2 Å². The second-order valence-corrected chi connectivity index (χ2v) is 6.27. The smallest absolute Gasteiger partial charge is 0.262 e. The highest BCUT2D eigenvalue weighted by atomic mass is 16.5. The van der Waals surface area contributed by atoms with Gasteiger partial charge in [-0.3, -0.25) is 9.59 Å². The van der Waals surface area contributed by atoms with Crippen molar-refractivity contribution in [1.82, 2.24) is 0 Å². The predicted octanol–water partition coefficient (Wildman–Crippen LogP) is 3.47. The Morgan fingerprint density at radius 2 is 1.78 bits per heavy atom. The maximum atomic E-state index is 12.1. The Hall–Kier alpha value is -3.02. The van der Waals surface area contributed by atoms with Crippen molar-refractivity contribution in [3.8, 4) is 11.5 Å². The molecule has 0 aromatic heterocycles. The molecule has 0 spiro atoms. The lowest BCUT2D eigenvalue weighted by Crippen LogP contribution is -2.20. The molecule has 0 heterocycles. The molecule has 2 amide bonds. The summed E-state index contributed by atoms with van der Waals surface area (Å²) in [5, 5.41) is 2.78.